The standard InChI is InChI=1S/C19H28N6S.HI/c1-3-20-19(21-12-18-23-22-15-24(18)4-2)25-11-10-16(13-25)14-26-17-8-6-5-7-9-17;/h5-9,15-16H,3-4,10-14H2,1-2H3,(H,20,21);1H. The predicted molar refractivity (Wildman–Crippen MR) is 123 cm³/mol. The van der Waals surface area contributed by atoms with Crippen LogP contribution in [0.15, 0.2) is 46.5 Å². The van der Waals surface area contributed by atoms with Gasteiger partial charge in [-0.05, 0) is 38.3 Å². The maximum absolute atomic E-state index is 4.80. The molecule has 2 heterocycles. The number of aromatic nitrogens is 3. The van der Waals surface area contributed by atoms with Gasteiger partial charge in [0.25, 0.3) is 0 Å². The van der Waals surface area contributed by atoms with Gasteiger partial charge in [0, 0.05) is 36.8 Å². The molecule has 1 aliphatic heterocycles. The number of hydrogen-bond donors (Lipinski definition) is 1. The Labute approximate surface area is 183 Å². The number of thioether (sulfide) groups is 1. The molecule has 27 heavy (non-hydrogen) atoms. The minimum absolute atomic E-state index is 0. The number of nitrogens with zero attached hydrogens (tertiary/aromatic N) is 5. The highest BCUT2D eigenvalue weighted by molar-refractivity contribution is 14.0. The van der Waals surface area contributed by atoms with Crippen molar-refractivity contribution in [1.82, 2.24) is 25.0 Å². The Kier molecular flexibility index (Phi) is 9.40. The number of hydrogen-bond acceptors (Lipinski definition) is 4. The molecule has 0 amide bonds. The summed E-state index contributed by atoms with van der Waals surface area (Å²) < 4.78 is 2.04. The van der Waals surface area contributed by atoms with Gasteiger partial charge < -0.3 is 14.8 Å². The zero-order valence-corrected chi connectivity index (χ0v) is 19.2. The van der Waals surface area contributed by atoms with Crippen molar-refractivity contribution in [2.45, 2.75) is 38.3 Å². The lowest BCUT2D eigenvalue weighted by molar-refractivity contribution is 0.473. The Morgan fingerprint density at radius 1 is 1.30 bits per heavy atom. The fourth-order valence-corrected chi connectivity index (χ4v) is 4.18. The molecular formula is C19H29IN6S. The van der Waals surface area contributed by atoms with E-state index in [2.05, 4.69) is 64.6 Å². The second-order valence-electron chi connectivity index (χ2n) is 6.43. The summed E-state index contributed by atoms with van der Waals surface area (Å²) in [7, 11) is 0. The smallest absolute Gasteiger partial charge is 0.194 e. The summed E-state index contributed by atoms with van der Waals surface area (Å²) >= 11 is 1.95. The predicted octanol–water partition coefficient (Wildman–Crippen LogP) is 3.50. The van der Waals surface area contributed by atoms with E-state index >= 15 is 0 Å². The molecule has 1 fully saturated rings. The molecule has 1 saturated heterocycles. The molecule has 1 aromatic carbocycles. The summed E-state index contributed by atoms with van der Waals surface area (Å²) in [5, 5.41) is 11.6. The monoisotopic (exact) mass is 500 g/mol. The minimum atomic E-state index is 0. The van der Waals surface area contributed by atoms with Crippen LogP contribution in [0.1, 0.15) is 26.1 Å². The summed E-state index contributed by atoms with van der Waals surface area (Å²) in [6, 6.07) is 10.7. The van der Waals surface area contributed by atoms with Crippen LogP contribution in [0.3, 0.4) is 0 Å². The Hall–Kier alpha value is -1.29. The van der Waals surface area contributed by atoms with Gasteiger partial charge in [0.2, 0.25) is 0 Å². The summed E-state index contributed by atoms with van der Waals surface area (Å²) in [6.07, 6.45) is 2.99. The Morgan fingerprint density at radius 2 is 2.11 bits per heavy atom. The zero-order valence-electron chi connectivity index (χ0n) is 16.0. The van der Waals surface area contributed by atoms with E-state index in [4.69, 9.17) is 4.99 Å². The van der Waals surface area contributed by atoms with E-state index < -0.39 is 0 Å². The van der Waals surface area contributed by atoms with Crippen molar-refractivity contribution in [2.75, 3.05) is 25.4 Å². The molecule has 0 bridgehead atoms. The fourth-order valence-electron chi connectivity index (χ4n) is 3.13. The molecule has 1 atom stereocenters. The average Bonchev–Trinajstić information content (AvgIpc) is 3.33. The van der Waals surface area contributed by atoms with Crippen molar-refractivity contribution >= 4 is 41.7 Å². The molecule has 148 valence electrons. The van der Waals surface area contributed by atoms with Crippen LogP contribution < -0.4 is 5.32 Å². The SMILES string of the molecule is CCNC(=NCc1nncn1CC)N1CCC(CSc2ccccc2)C1.I. The quantitative estimate of drug-likeness (QED) is 0.273. The second kappa shape index (κ2) is 11.5. The van der Waals surface area contributed by atoms with Crippen LogP contribution >= 0.6 is 35.7 Å². The van der Waals surface area contributed by atoms with Gasteiger partial charge in [-0.3, -0.25) is 0 Å². The van der Waals surface area contributed by atoms with Gasteiger partial charge in [-0.15, -0.1) is 45.9 Å². The van der Waals surface area contributed by atoms with Gasteiger partial charge in [0.05, 0.1) is 0 Å². The topological polar surface area (TPSA) is 58.3 Å². The highest BCUT2D eigenvalue weighted by Crippen LogP contribution is 2.25. The van der Waals surface area contributed by atoms with Crippen molar-refractivity contribution < 1.29 is 0 Å². The third-order valence-electron chi connectivity index (χ3n) is 4.56. The molecule has 1 aromatic heterocycles. The van der Waals surface area contributed by atoms with E-state index in [1.54, 1.807) is 6.33 Å². The van der Waals surface area contributed by atoms with Gasteiger partial charge in [0.15, 0.2) is 11.8 Å². The van der Waals surface area contributed by atoms with E-state index in [0.717, 1.165) is 43.7 Å². The first-order valence-electron chi connectivity index (χ1n) is 9.38. The lowest BCUT2D eigenvalue weighted by Gasteiger charge is -2.21. The molecular weight excluding hydrogens is 471 g/mol. The number of halogens is 1. The van der Waals surface area contributed by atoms with Gasteiger partial charge in [-0.1, -0.05) is 18.2 Å². The van der Waals surface area contributed by atoms with Gasteiger partial charge in [-0.25, -0.2) is 4.99 Å². The van der Waals surface area contributed by atoms with Crippen molar-refractivity contribution in [3.8, 4) is 0 Å². The zero-order chi connectivity index (χ0) is 18.2. The number of nitrogens with one attached hydrogen (secondary N) is 1. The third-order valence-corrected chi connectivity index (χ3v) is 5.80. The largest absolute Gasteiger partial charge is 0.357 e. The summed E-state index contributed by atoms with van der Waals surface area (Å²) in [5.74, 6) is 3.76. The van der Waals surface area contributed by atoms with Crippen LogP contribution in [0.5, 0.6) is 0 Å². The average molecular weight is 500 g/mol. The maximum atomic E-state index is 4.80. The van der Waals surface area contributed by atoms with Crippen molar-refractivity contribution in [3.05, 3.63) is 42.5 Å². The molecule has 8 heteroatoms. The van der Waals surface area contributed by atoms with Crippen LogP contribution in [0.2, 0.25) is 0 Å². The lowest BCUT2D eigenvalue weighted by atomic mass is 10.2. The molecule has 6 nitrogen and oxygen atoms in total. The highest BCUT2D eigenvalue weighted by Gasteiger charge is 2.25. The van der Waals surface area contributed by atoms with Gasteiger partial charge >= 0.3 is 0 Å². The summed E-state index contributed by atoms with van der Waals surface area (Å²) in [4.78, 5) is 8.53. The van der Waals surface area contributed by atoms with Crippen LogP contribution in [-0.4, -0.2) is 51.0 Å². The van der Waals surface area contributed by atoms with E-state index in [0.29, 0.717) is 12.5 Å². The van der Waals surface area contributed by atoms with E-state index in [-0.39, 0.29) is 24.0 Å². The van der Waals surface area contributed by atoms with Crippen LogP contribution in [0, 0.1) is 5.92 Å². The van der Waals surface area contributed by atoms with Gasteiger partial charge in [-0.2, -0.15) is 0 Å². The second-order valence-corrected chi connectivity index (χ2v) is 7.52. The van der Waals surface area contributed by atoms with Crippen LogP contribution in [-0.2, 0) is 13.1 Å². The molecule has 1 unspecified atom stereocenters. The van der Waals surface area contributed by atoms with Crippen molar-refractivity contribution in [2.24, 2.45) is 10.9 Å². The molecule has 0 radical (unpaired) electrons. The summed E-state index contributed by atoms with van der Waals surface area (Å²) in [6.45, 7) is 8.64. The highest BCUT2D eigenvalue weighted by atomic mass is 127. The first-order chi connectivity index (χ1) is 12.8. The lowest BCUT2D eigenvalue weighted by Crippen LogP contribution is -2.40. The third kappa shape index (κ3) is 6.38. The first-order valence-corrected chi connectivity index (χ1v) is 10.4. The van der Waals surface area contributed by atoms with E-state index in [9.17, 15) is 0 Å². The van der Waals surface area contributed by atoms with Crippen LogP contribution in [0.25, 0.3) is 0 Å². The molecule has 1 N–H and O–H groups in total. The van der Waals surface area contributed by atoms with Crippen molar-refractivity contribution in [1.29, 1.82) is 0 Å². The Morgan fingerprint density at radius 3 is 2.85 bits per heavy atom. The van der Waals surface area contributed by atoms with E-state index in [1.807, 2.05) is 16.3 Å². The number of aliphatic imine (C=N–C) groups is 1. The molecule has 2 aromatic rings. The molecule has 3 rings (SSSR count). The Balaban J connectivity index is 0.00000261. The normalized spacial score (nSPS) is 17.0. The maximum Gasteiger partial charge on any atom is 0.194 e. The van der Waals surface area contributed by atoms with E-state index in [1.165, 1.54) is 11.3 Å². The first kappa shape index (κ1) is 22.0. The number of benzene rings is 1. The number of aryl methyl sites for hydroxylation is 1. The number of rotatable bonds is 7. The molecule has 0 saturated carbocycles. The number of guanidine groups is 1. The summed E-state index contributed by atoms with van der Waals surface area (Å²) in [5.41, 5.74) is 0. The van der Waals surface area contributed by atoms with Crippen LogP contribution in [0.4, 0.5) is 0 Å². The van der Waals surface area contributed by atoms with Crippen molar-refractivity contribution in [3.63, 3.8) is 0 Å². The molecule has 1 aliphatic rings. The minimum Gasteiger partial charge on any atom is -0.357 e. The Bertz CT molecular complexity index is 705. The molecule has 0 spiro atoms. The number of likely N-dealkylation sites (tertiary alicyclic amines) is 1. The fraction of sp³-hybridized carbons (Fsp3) is 0.526. The molecule has 0 aliphatic carbocycles. The van der Waals surface area contributed by atoms with Gasteiger partial charge in [0.1, 0.15) is 12.9 Å².